The second kappa shape index (κ2) is 8.19. The lowest BCUT2D eigenvalue weighted by atomic mass is 10.2. The van der Waals surface area contributed by atoms with E-state index in [0.717, 1.165) is 11.4 Å². The number of carbonyl (C=O) groups is 2. The van der Waals surface area contributed by atoms with Crippen molar-refractivity contribution in [3.05, 3.63) is 53.3 Å². The van der Waals surface area contributed by atoms with Gasteiger partial charge in [-0.2, -0.15) is 0 Å². The van der Waals surface area contributed by atoms with E-state index in [4.69, 9.17) is 4.74 Å². The fraction of sp³-hybridized carbons (Fsp3) is 0.333. The van der Waals surface area contributed by atoms with Crippen LogP contribution in [0.3, 0.4) is 0 Å². The first-order valence-electron chi connectivity index (χ1n) is 7.83. The number of benzene rings is 1. The number of hydrogen-bond acceptors (Lipinski definition) is 3. The Balaban J connectivity index is 1.95. The molecule has 0 radical (unpaired) electrons. The highest BCUT2D eigenvalue weighted by atomic mass is 16.5. The lowest BCUT2D eigenvalue weighted by molar-refractivity contribution is -0.118. The number of nitrogens with zero attached hydrogens (tertiary/aromatic N) is 1. The van der Waals surface area contributed by atoms with Crippen molar-refractivity contribution in [1.29, 1.82) is 0 Å². The Kier molecular flexibility index (Phi) is 6.01. The number of nitrogens with one attached hydrogen (secondary N) is 2. The van der Waals surface area contributed by atoms with Crippen LogP contribution in [0.15, 0.2) is 36.4 Å². The smallest absolute Gasteiger partial charge is 0.251 e. The fourth-order valence-corrected chi connectivity index (χ4v) is 2.46. The molecule has 0 bridgehead atoms. The molecule has 0 saturated heterocycles. The summed E-state index contributed by atoms with van der Waals surface area (Å²) in [5.41, 5.74) is 2.68. The normalized spacial score (nSPS) is 10.3. The third kappa shape index (κ3) is 4.62. The van der Waals surface area contributed by atoms with Crippen LogP contribution in [0.1, 0.15) is 28.7 Å². The van der Waals surface area contributed by atoms with Crippen LogP contribution in [0.4, 0.5) is 0 Å². The molecular weight excluding hydrogens is 306 g/mol. The number of rotatable bonds is 7. The zero-order chi connectivity index (χ0) is 17.5. The van der Waals surface area contributed by atoms with Crippen molar-refractivity contribution in [1.82, 2.24) is 15.2 Å². The number of aryl methyl sites for hydroxylation is 1. The van der Waals surface area contributed by atoms with Crippen LogP contribution in [0.25, 0.3) is 0 Å². The summed E-state index contributed by atoms with van der Waals surface area (Å²) in [5, 5.41) is 5.70. The largest absolute Gasteiger partial charge is 0.497 e. The average Bonchev–Trinajstić information content (AvgIpc) is 2.93. The summed E-state index contributed by atoms with van der Waals surface area (Å²) in [4.78, 5) is 23.2. The van der Waals surface area contributed by atoms with Crippen molar-refractivity contribution in [3.8, 4) is 5.75 Å². The Labute approximate surface area is 141 Å². The summed E-state index contributed by atoms with van der Waals surface area (Å²) in [6, 6.07) is 11.0. The second-order valence-corrected chi connectivity index (χ2v) is 5.51. The Bertz CT molecular complexity index is 705. The van der Waals surface area contributed by atoms with E-state index in [1.807, 2.05) is 19.1 Å². The highest BCUT2D eigenvalue weighted by Gasteiger charge is 2.09. The predicted molar refractivity (Wildman–Crippen MR) is 92.0 cm³/mol. The maximum absolute atomic E-state index is 12.2. The Morgan fingerprint density at radius 3 is 2.42 bits per heavy atom. The van der Waals surface area contributed by atoms with Gasteiger partial charge in [0, 0.05) is 37.0 Å². The summed E-state index contributed by atoms with van der Waals surface area (Å²) in [7, 11) is 1.59. The van der Waals surface area contributed by atoms with Gasteiger partial charge in [0.1, 0.15) is 5.75 Å². The number of carbonyl (C=O) groups excluding carboxylic acids is 2. The van der Waals surface area contributed by atoms with Crippen LogP contribution < -0.4 is 15.4 Å². The highest BCUT2D eigenvalue weighted by Crippen LogP contribution is 2.12. The van der Waals surface area contributed by atoms with Gasteiger partial charge in [-0.1, -0.05) is 0 Å². The molecule has 0 aliphatic rings. The van der Waals surface area contributed by atoms with E-state index in [-0.39, 0.29) is 11.8 Å². The monoisotopic (exact) mass is 329 g/mol. The molecule has 0 atom stereocenters. The van der Waals surface area contributed by atoms with E-state index in [1.54, 1.807) is 31.4 Å². The summed E-state index contributed by atoms with van der Waals surface area (Å²) in [6.45, 7) is 5.16. The lowest BCUT2D eigenvalue weighted by Crippen LogP contribution is -2.27. The molecule has 24 heavy (non-hydrogen) atoms. The van der Waals surface area contributed by atoms with E-state index >= 15 is 0 Å². The van der Waals surface area contributed by atoms with Crippen LogP contribution in [0.5, 0.6) is 5.75 Å². The van der Waals surface area contributed by atoms with E-state index in [0.29, 0.717) is 30.9 Å². The standard InChI is InChI=1S/C18H23N3O3/c1-13-4-7-16(21(13)11-10-19-14(2)22)12-20-18(23)15-5-8-17(24-3)9-6-15/h4-9H,10-12H2,1-3H3,(H,19,22)(H,20,23). The molecule has 0 unspecified atom stereocenters. The molecule has 1 aromatic carbocycles. The summed E-state index contributed by atoms with van der Waals surface area (Å²) in [5.74, 6) is 0.535. The van der Waals surface area contributed by atoms with Crippen molar-refractivity contribution >= 4 is 11.8 Å². The quantitative estimate of drug-likeness (QED) is 0.814. The minimum Gasteiger partial charge on any atom is -0.497 e. The van der Waals surface area contributed by atoms with Gasteiger partial charge >= 0.3 is 0 Å². The summed E-state index contributed by atoms with van der Waals surface area (Å²) >= 11 is 0. The third-order valence-corrected chi connectivity index (χ3v) is 3.78. The maximum Gasteiger partial charge on any atom is 0.251 e. The molecule has 2 rings (SSSR count). The average molecular weight is 329 g/mol. The van der Waals surface area contributed by atoms with Crippen molar-refractivity contribution < 1.29 is 14.3 Å². The van der Waals surface area contributed by atoms with E-state index in [9.17, 15) is 9.59 Å². The second-order valence-electron chi connectivity index (χ2n) is 5.51. The predicted octanol–water partition coefficient (Wildman–Crippen LogP) is 1.87. The van der Waals surface area contributed by atoms with Crippen LogP contribution in [0.2, 0.25) is 0 Å². The minimum absolute atomic E-state index is 0.0471. The van der Waals surface area contributed by atoms with Gasteiger partial charge in [0.15, 0.2) is 0 Å². The first kappa shape index (κ1) is 17.6. The van der Waals surface area contributed by atoms with Crippen molar-refractivity contribution in [2.45, 2.75) is 26.9 Å². The SMILES string of the molecule is COc1ccc(C(=O)NCc2ccc(C)n2CCNC(C)=O)cc1. The number of ether oxygens (including phenoxy) is 1. The molecule has 2 amide bonds. The van der Waals surface area contributed by atoms with Crippen LogP contribution in [0, 0.1) is 6.92 Å². The van der Waals surface area contributed by atoms with Crippen LogP contribution >= 0.6 is 0 Å². The topological polar surface area (TPSA) is 72.4 Å². The molecule has 0 fully saturated rings. The highest BCUT2D eigenvalue weighted by molar-refractivity contribution is 5.94. The minimum atomic E-state index is -0.134. The number of methoxy groups -OCH3 is 1. The molecule has 0 saturated carbocycles. The zero-order valence-corrected chi connectivity index (χ0v) is 14.3. The van der Waals surface area contributed by atoms with Crippen molar-refractivity contribution in [3.63, 3.8) is 0 Å². The van der Waals surface area contributed by atoms with E-state index < -0.39 is 0 Å². The Morgan fingerprint density at radius 2 is 1.79 bits per heavy atom. The molecule has 0 aliphatic heterocycles. The molecule has 6 heteroatoms. The number of hydrogen-bond donors (Lipinski definition) is 2. The van der Waals surface area contributed by atoms with Gasteiger partial charge in [0.25, 0.3) is 5.91 Å². The Hall–Kier alpha value is -2.76. The lowest BCUT2D eigenvalue weighted by Gasteiger charge is -2.13. The Morgan fingerprint density at radius 1 is 1.08 bits per heavy atom. The van der Waals surface area contributed by atoms with Gasteiger partial charge in [-0.05, 0) is 43.3 Å². The first-order chi connectivity index (χ1) is 11.5. The maximum atomic E-state index is 12.2. The summed E-state index contributed by atoms with van der Waals surface area (Å²) < 4.78 is 7.17. The van der Waals surface area contributed by atoms with Crippen LogP contribution in [-0.4, -0.2) is 30.0 Å². The molecule has 6 nitrogen and oxygen atoms in total. The van der Waals surface area contributed by atoms with Gasteiger partial charge in [-0.15, -0.1) is 0 Å². The number of amides is 2. The van der Waals surface area contributed by atoms with Gasteiger partial charge in [-0.3, -0.25) is 9.59 Å². The van der Waals surface area contributed by atoms with Gasteiger partial charge in [-0.25, -0.2) is 0 Å². The molecule has 1 heterocycles. The number of aromatic nitrogens is 1. The molecule has 128 valence electrons. The third-order valence-electron chi connectivity index (χ3n) is 3.78. The molecule has 1 aromatic heterocycles. The van der Waals surface area contributed by atoms with E-state index in [2.05, 4.69) is 15.2 Å². The van der Waals surface area contributed by atoms with Crippen molar-refractivity contribution in [2.75, 3.05) is 13.7 Å². The van der Waals surface area contributed by atoms with Crippen LogP contribution in [-0.2, 0) is 17.9 Å². The van der Waals surface area contributed by atoms with Gasteiger partial charge in [0.2, 0.25) is 5.91 Å². The fourth-order valence-electron chi connectivity index (χ4n) is 2.46. The molecule has 2 aromatic rings. The van der Waals surface area contributed by atoms with Gasteiger partial charge < -0.3 is 19.9 Å². The summed E-state index contributed by atoms with van der Waals surface area (Å²) in [6.07, 6.45) is 0. The molecule has 0 spiro atoms. The van der Waals surface area contributed by atoms with E-state index in [1.165, 1.54) is 6.92 Å². The first-order valence-corrected chi connectivity index (χ1v) is 7.83. The molecular formula is C18H23N3O3. The van der Waals surface area contributed by atoms with Crippen molar-refractivity contribution in [2.24, 2.45) is 0 Å². The molecule has 0 aliphatic carbocycles. The zero-order valence-electron chi connectivity index (χ0n) is 14.3. The van der Waals surface area contributed by atoms with Gasteiger partial charge in [0.05, 0.1) is 13.7 Å². The molecule has 2 N–H and O–H groups in total.